The van der Waals surface area contributed by atoms with Crippen molar-refractivity contribution in [3.05, 3.63) is 58.6 Å². The van der Waals surface area contributed by atoms with Gasteiger partial charge in [0.15, 0.2) is 0 Å². The maximum atomic E-state index is 14.1. The van der Waals surface area contributed by atoms with Crippen LogP contribution in [-0.4, -0.2) is 6.54 Å². The molecule has 2 aromatic rings. The molecule has 0 bridgehead atoms. The molecule has 0 aromatic heterocycles. The Bertz CT molecular complexity index is 634. The molecular weight excluding hydrogens is 296 g/mol. The fraction of sp³-hybridized carbons (Fsp3) is 0.250. The van der Waals surface area contributed by atoms with Gasteiger partial charge in [-0.05, 0) is 37.7 Å². The van der Waals surface area contributed by atoms with Gasteiger partial charge in [-0.15, -0.1) is 0 Å². The van der Waals surface area contributed by atoms with E-state index in [1.807, 2.05) is 13.8 Å². The Morgan fingerprint density at radius 2 is 1.95 bits per heavy atom. The zero-order valence-corrected chi connectivity index (χ0v) is 12.5. The van der Waals surface area contributed by atoms with Crippen molar-refractivity contribution in [3.8, 4) is 11.5 Å². The Morgan fingerprint density at radius 3 is 2.62 bits per heavy atom. The number of hydrogen-bond acceptors (Lipinski definition) is 2. The Morgan fingerprint density at radius 1 is 1.19 bits per heavy atom. The molecule has 5 heteroatoms. The summed E-state index contributed by atoms with van der Waals surface area (Å²) in [5, 5.41) is 3.11. The van der Waals surface area contributed by atoms with E-state index in [-0.39, 0.29) is 16.9 Å². The van der Waals surface area contributed by atoms with Crippen LogP contribution in [0.25, 0.3) is 0 Å². The van der Waals surface area contributed by atoms with Crippen molar-refractivity contribution in [1.29, 1.82) is 0 Å². The van der Waals surface area contributed by atoms with E-state index in [0.29, 0.717) is 23.6 Å². The molecule has 0 saturated carbocycles. The second-order valence-electron chi connectivity index (χ2n) is 4.61. The molecule has 0 aliphatic carbocycles. The second kappa shape index (κ2) is 6.87. The van der Waals surface area contributed by atoms with Crippen LogP contribution >= 0.6 is 11.6 Å². The zero-order valence-electron chi connectivity index (χ0n) is 11.8. The number of nitrogens with one attached hydrogen (secondary N) is 1. The van der Waals surface area contributed by atoms with E-state index in [1.54, 1.807) is 12.1 Å². The molecule has 2 aromatic carbocycles. The van der Waals surface area contributed by atoms with Crippen LogP contribution in [0, 0.1) is 11.6 Å². The summed E-state index contributed by atoms with van der Waals surface area (Å²) in [6.07, 6.45) is 0. The minimum atomic E-state index is -0.524. The van der Waals surface area contributed by atoms with E-state index in [0.717, 1.165) is 0 Å². The lowest BCUT2D eigenvalue weighted by atomic mass is 10.1. The molecule has 112 valence electrons. The Hall–Kier alpha value is -1.65. The molecular formula is C16H16ClF2NO. The minimum absolute atomic E-state index is 0.0369. The van der Waals surface area contributed by atoms with Crippen LogP contribution in [0.5, 0.6) is 11.5 Å². The summed E-state index contributed by atoms with van der Waals surface area (Å²) in [7, 11) is 0. The third kappa shape index (κ3) is 3.71. The predicted octanol–water partition coefficient (Wildman–Crippen LogP) is 5.08. The van der Waals surface area contributed by atoms with Crippen LogP contribution in [0.15, 0.2) is 36.4 Å². The third-order valence-electron chi connectivity index (χ3n) is 3.08. The quantitative estimate of drug-likeness (QED) is 0.831. The van der Waals surface area contributed by atoms with E-state index in [2.05, 4.69) is 5.32 Å². The van der Waals surface area contributed by atoms with E-state index in [4.69, 9.17) is 16.3 Å². The maximum Gasteiger partial charge on any atom is 0.142 e. The normalized spacial score (nSPS) is 12.2. The van der Waals surface area contributed by atoms with Gasteiger partial charge in [-0.2, -0.15) is 0 Å². The summed E-state index contributed by atoms with van der Waals surface area (Å²) in [6, 6.07) is 8.44. The molecule has 0 radical (unpaired) electrons. The van der Waals surface area contributed by atoms with Crippen molar-refractivity contribution in [2.24, 2.45) is 0 Å². The van der Waals surface area contributed by atoms with Crippen LogP contribution in [0.3, 0.4) is 0 Å². The maximum absolute atomic E-state index is 14.1. The van der Waals surface area contributed by atoms with Gasteiger partial charge in [0.1, 0.15) is 23.1 Å². The summed E-state index contributed by atoms with van der Waals surface area (Å²) in [4.78, 5) is 0. The molecule has 2 rings (SSSR count). The van der Waals surface area contributed by atoms with Gasteiger partial charge in [-0.1, -0.05) is 24.6 Å². The van der Waals surface area contributed by atoms with Crippen molar-refractivity contribution in [2.45, 2.75) is 19.9 Å². The highest BCUT2D eigenvalue weighted by molar-refractivity contribution is 6.30. The summed E-state index contributed by atoms with van der Waals surface area (Å²) in [5.41, 5.74) is 0.430. The summed E-state index contributed by atoms with van der Waals surface area (Å²) >= 11 is 5.72. The van der Waals surface area contributed by atoms with Gasteiger partial charge in [0, 0.05) is 17.7 Å². The fourth-order valence-electron chi connectivity index (χ4n) is 2.10. The van der Waals surface area contributed by atoms with Crippen LogP contribution in [-0.2, 0) is 0 Å². The minimum Gasteiger partial charge on any atom is -0.457 e. The first-order chi connectivity index (χ1) is 10.0. The van der Waals surface area contributed by atoms with Gasteiger partial charge in [0.2, 0.25) is 0 Å². The van der Waals surface area contributed by atoms with Gasteiger partial charge in [-0.3, -0.25) is 0 Å². The zero-order chi connectivity index (χ0) is 15.4. The van der Waals surface area contributed by atoms with Crippen molar-refractivity contribution in [2.75, 3.05) is 6.54 Å². The molecule has 0 heterocycles. The van der Waals surface area contributed by atoms with E-state index < -0.39 is 5.82 Å². The average molecular weight is 312 g/mol. The molecule has 1 unspecified atom stereocenters. The lowest BCUT2D eigenvalue weighted by Gasteiger charge is -2.18. The van der Waals surface area contributed by atoms with Gasteiger partial charge in [-0.25, -0.2) is 8.78 Å². The molecule has 0 saturated heterocycles. The SMILES string of the molecule is CCNC(C)c1c(F)cccc1Oc1ccc(F)c(Cl)c1. The van der Waals surface area contributed by atoms with Gasteiger partial charge in [0.05, 0.1) is 5.02 Å². The summed E-state index contributed by atoms with van der Waals surface area (Å²) in [5.74, 6) is -0.137. The average Bonchev–Trinajstić information content (AvgIpc) is 2.43. The van der Waals surface area contributed by atoms with Crippen molar-refractivity contribution < 1.29 is 13.5 Å². The van der Waals surface area contributed by atoms with Crippen molar-refractivity contribution in [1.82, 2.24) is 5.32 Å². The molecule has 1 atom stereocenters. The third-order valence-corrected chi connectivity index (χ3v) is 3.36. The monoisotopic (exact) mass is 311 g/mol. The van der Waals surface area contributed by atoms with Gasteiger partial charge in [0.25, 0.3) is 0 Å². The molecule has 0 amide bonds. The van der Waals surface area contributed by atoms with Crippen LogP contribution < -0.4 is 10.1 Å². The van der Waals surface area contributed by atoms with Crippen LogP contribution in [0.1, 0.15) is 25.5 Å². The second-order valence-corrected chi connectivity index (χ2v) is 5.02. The molecule has 0 spiro atoms. The molecule has 21 heavy (non-hydrogen) atoms. The number of rotatable bonds is 5. The lowest BCUT2D eigenvalue weighted by molar-refractivity contribution is 0.447. The van der Waals surface area contributed by atoms with Crippen LogP contribution in [0.4, 0.5) is 8.78 Å². The highest BCUT2D eigenvalue weighted by Gasteiger charge is 2.17. The van der Waals surface area contributed by atoms with Gasteiger partial charge >= 0.3 is 0 Å². The topological polar surface area (TPSA) is 21.3 Å². The summed E-state index contributed by atoms with van der Waals surface area (Å²) in [6.45, 7) is 4.50. The first kappa shape index (κ1) is 15.7. The number of halogens is 3. The number of hydrogen-bond donors (Lipinski definition) is 1. The van der Waals surface area contributed by atoms with Crippen molar-refractivity contribution in [3.63, 3.8) is 0 Å². The van der Waals surface area contributed by atoms with E-state index in [1.165, 1.54) is 24.3 Å². The predicted molar refractivity (Wildman–Crippen MR) is 80.0 cm³/mol. The number of ether oxygens (including phenoxy) is 1. The van der Waals surface area contributed by atoms with E-state index >= 15 is 0 Å². The van der Waals surface area contributed by atoms with Crippen molar-refractivity contribution >= 4 is 11.6 Å². The standard InChI is InChI=1S/C16H16ClF2NO/c1-3-20-10(2)16-14(19)5-4-6-15(16)21-11-7-8-13(18)12(17)9-11/h4-10,20H,3H2,1-2H3. The molecule has 0 aliphatic heterocycles. The fourth-order valence-corrected chi connectivity index (χ4v) is 2.27. The summed E-state index contributed by atoms with van der Waals surface area (Å²) < 4.78 is 32.9. The van der Waals surface area contributed by atoms with E-state index in [9.17, 15) is 8.78 Å². The Labute approximate surface area is 127 Å². The smallest absolute Gasteiger partial charge is 0.142 e. The first-order valence-electron chi connectivity index (χ1n) is 6.67. The molecule has 2 nitrogen and oxygen atoms in total. The van der Waals surface area contributed by atoms with Crippen LogP contribution in [0.2, 0.25) is 5.02 Å². The molecule has 0 fully saturated rings. The lowest BCUT2D eigenvalue weighted by Crippen LogP contribution is -2.19. The Kier molecular flexibility index (Phi) is 5.15. The highest BCUT2D eigenvalue weighted by Crippen LogP contribution is 2.33. The van der Waals surface area contributed by atoms with Gasteiger partial charge < -0.3 is 10.1 Å². The molecule has 1 N–H and O–H groups in total. The first-order valence-corrected chi connectivity index (χ1v) is 7.05. The Balaban J connectivity index is 2.35. The molecule has 0 aliphatic rings. The number of benzene rings is 2. The highest BCUT2D eigenvalue weighted by atomic mass is 35.5. The largest absolute Gasteiger partial charge is 0.457 e.